The summed E-state index contributed by atoms with van der Waals surface area (Å²) in [6.07, 6.45) is 3.03. The van der Waals surface area contributed by atoms with Gasteiger partial charge in [0.25, 0.3) is 0 Å². The molecular weight excluding hydrogens is 403 g/mol. The van der Waals surface area contributed by atoms with E-state index in [1.54, 1.807) is 7.05 Å². The number of pyridine rings is 1. The number of thiazole rings is 1. The zero-order valence-electron chi connectivity index (χ0n) is 17.3. The molecule has 0 spiro atoms. The monoisotopic (exact) mass is 428 g/mol. The Labute approximate surface area is 179 Å². The van der Waals surface area contributed by atoms with Gasteiger partial charge in [-0.15, -0.1) is 0 Å². The average molecular weight is 429 g/mol. The van der Waals surface area contributed by atoms with Crippen molar-refractivity contribution in [1.29, 1.82) is 0 Å². The number of aromatic nitrogens is 4. The van der Waals surface area contributed by atoms with Gasteiger partial charge in [0.15, 0.2) is 10.9 Å². The van der Waals surface area contributed by atoms with Crippen LogP contribution < -0.4 is 10.6 Å². The van der Waals surface area contributed by atoms with Crippen molar-refractivity contribution in [3.05, 3.63) is 41.6 Å². The molecule has 1 aliphatic heterocycles. The van der Waals surface area contributed by atoms with Gasteiger partial charge in [-0.05, 0) is 25.6 Å². The van der Waals surface area contributed by atoms with Crippen molar-refractivity contribution >= 4 is 28.2 Å². The van der Waals surface area contributed by atoms with E-state index < -0.39 is 5.82 Å². The van der Waals surface area contributed by atoms with Crippen molar-refractivity contribution in [2.24, 2.45) is 0 Å². The van der Waals surface area contributed by atoms with E-state index in [1.165, 1.54) is 17.5 Å². The fourth-order valence-corrected chi connectivity index (χ4v) is 4.19. The van der Waals surface area contributed by atoms with Crippen molar-refractivity contribution in [2.45, 2.75) is 13.5 Å². The summed E-state index contributed by atoms with van der Waals surface area (Å²) in [5.41, 5.74) is 2.11. The lowest BCUT2D eigenvalue weighted by atomic mass is 10.2. The molecule has 0 amide bonds. The zero-order chi connectivity index (χ0) is 21.1. The Hall–Kier alpha value is -2.69. The summed E-state index contributed by atoms with van der Waals surface area (Å²) in [7, 11) is 3.93. The number of nitrogens with zero attached hydrogens (tertiary/aromatic N) is 6. The fourth-order valence-electron chi connectivity index (χ4n) is 3.28. The van der Waals surface area contributed by atoms with Gasteiger partial charge in [-0.2, -0.15) is 0 Å². The SMILES string of the molecule is CNc1nc(C)c(-c2nc(Nc3ccc(CN4CCN(C)CC4)cn3)ncc2F)s1. The van der Waals surface area contributed by atoms with E-state index in [9.17, 15) is 4.39 Å². The number of rotatable bonds is 6. The van der Waals surface area contributed by atoms with Crippen LogP contribution in [-0.4, -0.2) is 70.0 Å². The van der Waals surface area contributed by atoms with Gasteiger partial charge in [0, 0.05) is 46.0 Å². The minimum Gasteiger partial charge on any atom is -0.365 e. The van der Waals surface area contributed by atoms with E-state index in [1.807, 2.05) is 25.3 Å². The molecule has 1 fully saturated rings. The molecule has 10 heteroatoms. The van der Waals surface area contributed by atoms with Crippen LogP contribution in [0.15, 0.2) is 24.5 Å². The third-order valence-electron chi connectivity index (χ3n) is 5.04. The zero-order valence-corrected chi connectivity index (χ0v) is 18.1. The van der Waals surface area contributed by atoms with Crippen molar-refractivity contribution in [3.8, 4) is 10.6 Å². The van der Waals surface area contributed by atoms with E-state index in [2.05, 4.69) is 47.4 Å². The highest BCUT2D eigenvalue weighted by Crippen LogP contribution is 2.33. The van der Waals surface area contributed by atoms with Crippen molar-refractivity contribution in [1.82, 2.24) is 29.7 Å². The van der Waals surface area contributed by atoms with E-state index in [0.29, 0.717) is 21.8 Å². The third kappa shape index (κ3) is 4.72. The number of halogens is 1. The number of nitrogens with one attached hydrogen (secondary N) is 2. The summed E-state index contributed by atoms with van der Waals surface area (Å²) in [5, 5.41) is 6.76. The van der Waals surface area contributed by atoms with Gasteiger partial charge < -0.3 is 15.5 Å². The molecular formula is C20H25FN8S. The highest BCUT2D eigenvalue weighted by Gasteiger charge is 2.17. The number of piperazine rings is 1. The first kappa shape index (κ1) is 20.6. The van der Waals surface area contributed by atoms with E-state index in [0.717, 1.165) is 44.0 Å². The summed E-state index contributed by atoms with van der Waals surface area (Å²) >= 11 is 1.36. The molecule has 4 rings (SSSR count). The average Bonchev–Trinajstić information content (AvgIpc) is 3.13. The Morgan fingerprint density at radius 1 is 1.10 bits per heavy atom. The van der Waals surface area contributed by atoms with E-state index >= 15 is 0 Å². The molecule has 3 aromatic rings. The van der Waals surface area contributed by atoms with Crippen LogP contribution >= 0.6 is 11.3 Å². The minimum atomic E-state index is -0.481. The summed E-state index contributed by atoms with van der Waals surface area (Å²) in [5.74, 6) is 0.432. The fraction of sp³-hybridized carbons (Fsp3) is 0.400. The molecule has 2 N–H and O–H groups in total. The molecule has 158 valence electrons. The predicted octanol–water partition coefficient (Wildman–Crippen LogP) is 2.98. The number of anilines is 3. The van der Waals surface area contributed by atoms with Crippen LogP contribution in [0.5, 0.6) is 0 Å². The van der Waals surface area contributed by atoms with Gasteiger partial charge in [-0.25, -0.2) is 24.3 Å². The summed E-state index contributed by atoms with van der Waals surface area (Å²) in [6.45, 7) is 7.03. The van der Waals surface area contributed by atoms with Gasteiger partial charge in [0.2, 0.25) is 5.95 Å². The molecule has 1 aliphatic rings. The Morgan fingerprint density at radius 2 is 1.90 bits per heavy atom. The Bertz CT molecular complexity index is 999. The van der Waals surface area contributed by atoms with Gasteiger partial charge in [0.1, 0.15) is 11.5 Å². The van der Waals surface area contributed by atoms with Gasteiger partial charge in [0.05, 0.1) is 16.8 Å². The quantitative estimate of drug-likeness (QED) is 0.620. The lowest BCUT2D eigenvalue weighted by molar-refractivity contribution is 0.148. The summed E-state index contributed by atoms with van der Waals surface area (Å²) in [4.78, 5) is 22.7. The molecule has 0 radical (unpaired) electrons. The van der Waals surface area contributed by atoms with Crippen LogP contribution in [0.2, 0.25) is 0 Å². The van der Waals surface area contributed by atoms with Crippen molar-refractivity contribution in [2.75, 3.05) is 50.9 Å². The van der Waals surface area contributed by atoms with E-state index in [4.69, 9.17) is 0 Å². The van der Waals surface area contributed by atoms with Crippen molar-refractivity contribution in [3.63, 3.8) is 0 Å². The maximum Gasteiger partial charge on any atom is 0.229 e. The topological polar surface area (TPSA) is 82.1 Å². The Balaban J connectivity index is 1.46. The molecule has 0 saturated carbocycles. The van der Waals surface area contributed by atoms with Crippen LogP contribution in [0.3, 0.4) is 0 Å². The first-order valence-corrected chi connectivity index (χ1v) is 10.6. The molecule has 8 nitrogen and oxygen atoms in total. The standard InChI is InChI=1S/C20H25FN8S/c1-13-18(30-20(22-2)25-13)17-15(21)11-24-19(27-17)26-16-5-4-14(10-23-16)12-29-8-6-28(3)7-9-29/h4-5,10-11H,6-9,12H2,1-3H3,(H,22,25)(H,23,24,26,27). The maximum atomic E-state index is 14.4. The Kier molecular flexibility index (Phi) is 6.16. The van der Waals surface area contributed by atoms with E-state index in [-0.39, 0.29) is 5.69 Å². The van der Waals surface area contributed by atoms with Gasteiger partial charge >= 0.3 is 0 Å². The second-order valence-electron chi connectivity index (χ2n) is 7.33. The lowest BCUT2D eigenvalue weighted by Gasteiger charge is -2.32. The normalized spacial score (nSPS) is 15.3. The molecule has 0 aliphatic carbocycles. The van der Waals surface area contributed by atoms with Crippen LogP contribution in [0.25, 0.3) is 10.6 Å². The number of likely N-dealkylation sites (N-methyl/N-ethyl adjacent to an activating group) is 1. The summed E-state index contributed by atoms with van der Waals surface area (Å²) in [6, 6.07) is 3.94. The molecule has 0 bridgehead atoms. The minimum absolute atomic E-state index is 0.232. The molecule has 0 atom stereocenters. The smallest absolute Gasteiger partial charge is 0.229 e. The van der Waals surface area contributed by atoms with Crippen LogP contribution in [0, 0.1) is 12.7 Å². The molecule has 0 unspecified atom stereocenters. The van der Waals surface area contributed by atoms with Crippen LogP contribution in [0.4, 0.5) is 21.3 Å². The van der Waals surface area contributed by atoms with Gasteiger partial charge in [-0.3, -0.25) is 4.90 Å². The number of hydrogen-bond donors (Lipinski definition) is 2. The molecule has 4 heterocycles. The number of aryl methyl sites for hydroxylation is 1. The second kappa shape index (κ2) is 8.99. The van der Waals surface area contributed by atoms with Crippen LogP contribution in [0.1, 0.15) is 11.3 Å². The number of hydrogen-bond acceptors (Lipinski definition) is 9. The molecule has 0 aromatic carbocycles. The highest BCUT2D eigenvalue weighted by molar-refractivity contribution is 7.19. The third-order valence-corrected chi connectivity index (χ3v) is 6.22. The van der Waals surface area contributed by atoms with Crippen LogP contribution in [-0.2, 0) is 6.54 Å². The van der Waals surface area contributed by atoms with Gasteiger partial charge in [-0.1, -0.05) is 17.4 Å². The second-order valence-corrected chi connectivity index (χ2v) is 8.33. The first-order valence-electron chi connectivity index (χ1n) is 9.83. The maximum absolute atomic E-state index is 14.4. The molecule has 30 heavy (non-hydrogen) atoms. The molecule has 3 aromatic heterocycles. The highest BCUT2D eigenvalue weighted by atomic mass is 32.1. The molecule has 1 saturated heterocycles. The van der Waals surface area contributed by atoms with Crippen molar-refractivity contribution < 1.29 is 4.39 Å². The first-order chi connectivity index (χ1) is 14.5. The largest absolute Gasteiger partial charge is 0.365 e. The summed E-state index contributed by atoms with van der Waals surface area (Å²) < 4.78 is 14.4. The predicted molar refractivity (Wildman–Crippen MR) is 118 cm³/mol. The lowest BCUT2D eigenvalue weighted by Crippen LogP contribution is -2.43. The Morgan fingerprint density at radius 3 is 2.57 bits per heavy atom.